The van der Waals surface area contributed by atoms with Crippen molar-refractivity contribution in [3.05, 3.63) is 47.0 Å². The van der Waals surface area contributed by atoms with Crippen LogP contribution in [0.1, 0.15) is 56.3 Å². The lowest BCUT2D eigenvalue weighted by Crippen LogP contribution is -2.10. The third-order valence-electron chi connectivity index (χ3n) is 3.59. The molecule has 0 heterocycles. The van der Waals surface area contributed by atoms with Gasteiger partial charge >= 0.3 is 5.97 Å². The fraction of sp³-hybridized carbons (Fsp3) is 0.471. The van der Waals surface area contributed by atoms with Crippen LogP contribution in [0.25, 0.3) is 0 Å². The van der Waals surface area contributed by atoms with Crippen LogP contribution in [-0.4, -0.2) is 5.97 Å². The predicted octanol–water partition coefficient (Wildman–Crippen LogP) is 4.49. The van der Waals surface area contributed by atoms with Gasteiger partial charge in [0.2, 0.25) is 0 Å². The monoisotopic (exact) mass is 258 g/mol. The largest absolute Gasteiger partial charge is 0.457 e. The highest BCUT2D eigenvalue weighted by Crippen LogP contribution is 2.30. The Morgan fingerprint density at radius 3 is 2.58 bits per heavy atom. The number of carbonyl (C=O) groups excluding carboxylic acids is 1. The number of benzene rings is 1. The Bertz CT molecular complexity index is 457. The smallest absolute Gasteiger partial charge is 0.303 e. The quantitative estimate of drug-likeness (QED) is 0.587. The second-order valence-electron chi connectivity index (χ2n) is 5.32. The van der Waals surface area contributed by atoms with Gasteiger partial charge in [-0.2, -0.15) is 0 Å². The van der Waals surface area contributed by atoms with Crippen LogP contribution in [0, 0.1) is 6.92 Å². The average Bonchev–Trinajstić information content (AvgIpc) is 2.39. The number of rotatable bonds is 4. The van der Waals surface area contributed by atoms with Crippen molar-refractivity contribution in [2.45, 2.75) is 52.1 Å². The highest BCUT2D eigenvalue weighted by Gasteiger charge is 2.17. The Balaban J connectivity index is 2.12. The summed E-state index contributed by atoms with van der Waals surface area (Å²) in [5, 5.41) is 0. The van der Waals surface area contributed by atoms with Crippen molar-refractivity contribution in [3.63, 3.8) is 0 Å². The number of allylic oxidation sites excluding steroid dienone is 1. The number of ether oxygens (including phenoxy) is 1. The van der Waals surface area contributed by atoms with Gasteiger partial charge < -0.3 is 4.74 Å². The summed E-state index contributed by atoms with van der Waals surface area (Å²) in [7, 11) is 0. The van der Waals surface area contributed by atoms with Crippen molar-refractivity contribution in [2.24, 2.45) is 0 Å². The molecule has 0 spiro atoms. The van der Waals surface area contributed by atoms with Crippen molar-refractivity contribution >= 4 is 5.97 Å². The molecule has 102 valence electrons. The van der Waals surface area contributed by atoms with E-state index < -0.39 is 0 Å². The van der Waals surface area contributed by atoms with Crippen molar-refractivity contribution in [2.75, 3.05) is 0 Å². The van der Waals surface area contributed by atoms with E-state index in [0.29, 0.717) is 0 Å². The summed E-state index contributed by atoms with van der Waals surface area (Å²) in [6.07, 6.45) is 7.86. The molecule has 0 aliphatic heterocycles. The van der Waals surface area contributed by atoms with E-state index in [9.17, 15) is 4.79 Å². The lowest BCUT2D eigenvalue weighted by Gasteiger charge is -2.21. The lowest BCUT2D eigenvalue weighted by atomic mass is 9.92. The van der Waals surface area contributed by atoms with Crippen LogP contribution >= 0.6 is 0 Å². The van der Waals surface area contributed by atoms with Crippen LogP contribution in [0.5, 0.6) is 0 Å². The second-order valence-corrected chi connectivity index (χ2v) is 5.32. The molecular weight excluding hydrogens is 236 g/mol. The molecule has 2 nitrogen and oxygen atoms in total. The number of esters is 1. The Morgan fingerprint density at radius 2 is 2.00 bits per heavy atom. The van der Waals surface area contributed by atoms with E-state index in [4.69, 9.17) is 4.74 Å². The normalized spacial score (nSPS) is 16.6. The molecule has 2 rings (SSSR count). The maximum Gasteiger partial charge on any atom is 0.303 e. The van der Waals surface area contributed by atoms with Crippen LogP contribution in [0.2, 0.25) is 0 Å². The van der Waals surface area contributed by atoms with Crippen LogP contribution in [-0.2, 0) is 9.53 Å². The van der Waals surface area contributed by atoms with Gasteiger partial charge in [-0.05, 0) is 38.2 Å². The minimum absolute atomic E-state index is 0.137. The average molecular weight is 258 g/mol. The Morgan fingerprint density at radius 1 is 1.26 bits per heavy atom. The molecule has 0 saturated heterocycles. The highest BCUT2D eigenvalue weighted by molar-refractivity contribution is 5.66. The SMILES string of the molecule is CC(=O)OC(CC1=CCCCC1)c1ccc(C)cc1. The molecule has 0 amide bonds. The lowest BCUT2D eigenvalue weighted by molar-refractivity contribution is -0.146. The molecule has 0 fully saturated rings. The van der Waals surface area contributed by atoms with Gasteiger partial charge in [0.25, 0.3) is 0 Å². The highest BCUT2D eigenvalue weighted by atomic mass is 16.5. The third-order valence-corrected chi connectivity index (χ3v) is 3.59. The van der Waals surface area contributed by atoms with E-state index in [0.717, 1.165) is 24.8 Å². The Kier molecular flexibility index (Phi) is 4.78. The number of carbonyl (C=O) groups is 1. The molecule has 1 aromatic carbocycles. The number of hydrogen-bond acceptors (Lipinski definition) is 2. The molecule has 0 radical (unpaired) electrons. The first kappa shape index (κ1) is 13.9. The van der Waals surface area contributed by atoms with Gasteiger partial charge in [0.1, 0.15) is 6.10 Å². The van der Waals surface area contributed by atoms with Crippen molar-refractivity contribution in [1.82, 2.24) is 0 Å². The minimum atomic E-state index is -0.206. The zero-order valence-electron chi connectivity index (χ0n) is 11.8. The zero-order chi connectivity index (χ0) is 13.7. The summed E-state index contributed by atoms with van der Waals surface area (Å²) in [6.45, 7) is 3.55. The minimum Gasteiger partial charge on any atom is -0.457 e. The topological polar surface area (TPSA) is 26.3 Å². The van der Waals surface area contributed by atoms with Gasteiger partial charge in [-0.15, -0.1) is 0 Å². The van der Waals surface area contributed by atoms with Crippen molar-refractivity contribution < 1.29 is 9.53 Å². The molecule has 1 aliphatic carbocycles. The zero-order valence-corrected chi connectivity index (χ0v) is 11.8. The molecule has 1 unspecified atom stereocenters. The van der Waals surface area contributed by atoms with Crippen molar-refractivity contribution in [1.29, 1.82) is 0 Å². The van der Waals surface area contributed by atoms with Gasteiger partial charge in [-0.1, -0.05) is 41.5 Å². The van der Waals surface area contributed by atoms with Crippen LogP contribution in [0.3, 0.4) is 0 Å². The molecule has 1 atom stereocenters. The van der Waals surface area contributed by atoms with E-state index in [-0.39, 0.29) is 12.1 Å². The number of aryl methyl sites for hydroxylation is 1. The molecule has 0 saturated carbocycles. The number of hydrogen-bond donors (Lipinski definition) is 0. The molecule has 0 bridgehead atoms. The van der Waals surface area contributed by atoms with Gasteiger partial charge in [-0.3, -0.25) is 4.79 Å². The summed E-state index contributed by atoms with van der Waals surface area (Å²) >= 11 is 0. The summed E-state index contributed by atoms with van der Waals surface area (Å²) < 4.78 is 5.50. The van der Waals surface area contributed by atoms with E-state index in [1.165, 1.54) is 30.9 Å². The first-order chi connectivity index (χ1) is 9.15. The standard InChI is InChI=1S/C17H22O2/c1-13-8-10-16(11-9-13)17(19-14(2)18)12-15-6-4-3-5-7-15/h6,8-11,17H,3-5,7,12H2,1-2H3. The van der Waals surface area contributed by atoms with Crippen LogP contribution in [0.4, 0.5) is 0 Å². The molecular formula is C17H22O2. The van der Waals surface area contributed by atoms with Crippen LogP contribution in [0.15, 0.2) is 35.9 Å². The van der Waals surface area contributed by atoms with Crippen molar-refractivity contribution in [3.8, 4) is 0 Å². The predicted molar refractivity (Wildman–Crippen MR) is 76.9 cm³/mol. The summed E-state index contributed by atoms with van der Waals surface area (Å²) in [4.78, 5) is 11.3. The molecule has 1 aromatic rings. The van der Waals surface area contributed by atoms with Gasteiger partial charge in [0, 0.05) is 13.3 Å². The maximum atomic E-state index is 11.3. The Hall–Kier alpha value is -1.57. The van der Waals surface area contributed by atoms with E-state index >= 15 is 0 Å². The summed E-state index contributed by atoms with van der Waals surface area (Å²) in [5.74, 6) is -0.206. The van der Waals surface area contributed by atoms with Crippen LogP contribution < -0.4 is 0 Å². The Labute approximate surface area is 115 Å². The molecule has 0 N–H and O–H groups in total. The van der Waals surface area contributed by atoms with E-state index in [2.05, 4.69) is 37.3 Å². The van der Waals surface area contributed by atoms with E-state index in [1.807, 2.05) is 0 Å². The summed E-state index contributed by atoms with van der Waals surface area (Å²) in [6, 6.07) is 8.26. The molecule has 19 heavy (non-hydrogen) atoms. The second kappa shape index (κ2) is 6.55. The maximum absolute atomic E-state index is 11.3. The molecule has 2 heteroatoms. The molecule has 0 aromatic heterocycles. The molecule has 1 aliphatic rings. The first-order valence-corrected chi connectivity index (χ1v) is 7.07. The third kappa shape index (κ3) is 4.23. The van der Waals surface area contributed by atoms with Gasteiger partial charge in [-0.25, -0.2) is 0 Å². The fourth-order valence-electron chi connectivity index (χ4n) is 2.54. The van der Waals surface area contributed by atoms with E-state index in [1.54, 1.807) is 0 Å². The summed E-state index contributed by atoms with van der Waals surface area (Å²) in [5.41, 5.74) is 3.74. The van der Waals surface area contributed by atoms with Gasteiger partial charge in [0.05, 0.1) is 0 Å². The van der Waals surface area contributed by atoms with Gasteiger partial charge in [0.15, 0.2) is 0 Å². The fourth-order valence-corrected chi connectivity index (χ4v) is 2.54. The first-order valence-electron chi connectivity index (χ1n) is 7.07.